The number of amides is 1. The number of nitrogens with zero attached hydrogens (tertiary/aromatic N) is 3. The van der Waals surface area contributed by atoms with Crippen LogP contribution in [0.4, 0.5) is 0 Å². The number of fused-ring (bicyclic) bond motifs is 1. The molecule has 4 aromatic rings. The number of ether oxygens (including phenoxy) is 2. The summed E-state index contributed by atoms with van der Waals surface area (Å²) in [5.74, 6) is 1.34. The molecule has 0 radical (unpaired) electrons. The average molecular weight is 473 g/mol. The third kappa shape index (κ3) is 5.29. The lowest BCUT2D eigenvalue weighted by molar-refractivity contribution is -0.121. The summed E-state index contributed by atoms with van der Waals surface area (Å²) in [5, 5.41) is 8.75. The van der Waals surface area contributed by atoms with Crippen LogP contribution in [0.15, 0.2) is 48.5 Å². The van der Waals surface area contributed by atoms with Crippen molar-refractivity contribution in [3.63, 3.8) is 0 Å². The molecule has 35 heavy (non-hydrogen) atoms. The van der Waals surface area contributed by atoms with Crippen LogP contribution in [0, 0.1) is 20.8 Å². The van der Waals surface area contributed by atoms with Crippen LogP contribution < -0.4 is 14.8 Å². The number of rotatable bonds is 9. The Kier molecular flexibility index (Phi) is 7.34. The maximum absolute atomic E-state index is 12.6. The van der Waals surface area contributed by atoms with Gasteiger partial charge in [0.05, 0.1) is 25.1 Å². The van der Waals surface area contributed by atoms with Crippen LogP contribution in [0.3, 0.4) is 0 Å². The molecule has 2 aromatic heterocycles. The van der Waals surface area contributed by atoms with Gasteiger partial charge in [0.25, 0.3) is 0 Å². The number of hydrogen-bond acceptors (Lipinski definition) is 5. The van der Waals surface area contributed by atoms with Crippen molar-refractivity contribution in [1.82, 2.24) is 20.1 Å². The Hall–Kier alpha value is -3.87. The highest BCUT2D eigenvalue weighted by Gasteiger charge is 2.20. The third-order valence-corrected chi connectivity index (χ3v) is 6.13. The highest BCUT2D eigenvalue weighted by atomic mass is 16.5. The number of carbonyl (C=O) groups is 1. The molecule has 182 valence electrons. The van der Waals surface area contributed by atoms with Gasteiger partial charge in [-0.2, -0.15) is 10.1 Å². The first kappa shape index (κ1) is 24.3. The van der Waals surface area contributed by atoms with Gasteiger partial charge >= 0.3 is 0 Å². The summed E-state index contributed by atoms with van der Waals surface area (Å²) in [4.78, 5) is 17.4. The van der Waals surface area contributed by atoms with E-state index in [0.717, 1.165) is 44.9 Å². The molecule has 0 aliphatic carbocycles. The molecule has 0 fully saturated rings. The van der Waals surface area contributed by atoms with Gasteiger partial charge in [0.1, 0.15) is 5.75 Å². The van der Waals surface area contributed by atoms with Crippen molar-refractivity contribution < 1.29 is 14.3 Å². The van der Waals surface area contributed by atoms with Crippen LogP contribution in [-0.2, 0) is 17.8 Å². The maximum Gasteiger partial charge on any atom is 0.220 e. The Labute approximate surface area is 206 Å². The molecular weight excluding hydrogens is 440 g/mol. The Morgan fingerprint density at radius 3 is 2.40 bits per heavy atom. The van der Waals surface area contributed by atoms with Crippen LogP contribution in [0.1, 0.15) is 41.3 Å². The SMILES string of the molecule is CCOc1ccc(CNC(=O)CCc2c(OC)nc3c(c(C)nn3-c3ccc(C)cc3)c2C)cc1. The monoisotopic (exact) mass is 472 g/mol. The standard InChI is InChI=1S/C28H32N4O3/c1-6-35-23-13-9-21(10-14-23)17-29-25(33)16-15-24-19(3)26-20(4)31-32(27(26)30-28(24)34-5)22-11-7-18(2)8-12-22/h7-14H,6,15-17H2,1-5H3,(H,29,33). The summed E-state index contributed by atoms with van der Waals surface area (Å²) in [6.45, 7) is 9.15. The van der Waals surface area contributed by atoms with Crippen molar-refractivity contribution in [2.75, 3.05) is 13.7 Å². The average Bonchev–Trinajstić information content (AvgIpc) is 3.19. The van der Waals surface area contributed by atoms with Gasteiger partial charge < -0.3 is 14.8 Å². The largest absolute Gasteiger partial charge is 0.494 e. The molecule has 2 aromatic carbocycles. The molecule has 0 bridgehead atoms. The van der Waals surface area contributed by atoms with E-state index in [0.29, 0.717) is 31.9 Å². The quantitative estimate of drug-likeness (QED) is 0.371. The summed E-state index contributed by atoms with van der Waals surface area (Å²) in [7, 11) is 1.61. The van der Waals surface area contributed by atoms with Gasteiger partial charge in [0.2, 0.25) is 11.8 Å². The molecule has 0 atom stereocenters. The molecule has 0 aliphatic rings. The van der Waals surface area contributed by atoms with Gasteiger partial charge in [0, 0.05) is 23.9 Å². The Balaban J connectivity index is 1.51. The van der Waals surface area contributed by atoms with Gasteiger partial charge in [-0.05, 0) is 69.5 Å². The second-order valence-electron chi connectivity index (χ2n) is 8.61. The molecule has 0 spiro atoms. The van der Waals surface area contributed by atoms with Crippen molar-refractivity contribution in [2.45, 2.75) is 47.1 Å². The Morgan fingerprint density at radius 1 is 1.03 bits per heavy atom. The number of pyridine rings is 1. The Bertz CT molecular complexity index is 1330. The van der Waals surface area contributed by atoms with E-state index in [4.69, 9.17) is 19.6 Å². The first-order valence-corrected chi connectivity index (χ1v) is 11.9. The van der Waals surface area contributed by atoms with Gasteiger partial charge in [0.15, 0.2) is 5.65 Å². The molecule has 0 saturated carbocycles. The minimum Gasteiger partial charge on any atom is -0.494 e. The van der Waals surface area contributed by atoms with Gasteiger partial charge in [-0.25, -0.2) is 4.68 Å². The molecule has 4 rings (SSSR count). The molecule has 2 heterocycles. The zero-order chi connectivity index (χ0) is 24.9. The van der Waals surface area contributed by atoms with Crippen LogP contribution in [-0.4, -0.2) is 34.4 Å². The predicted molar refractivity (Wildman–Crippen MR) is 137 cm³/mol. The molecule has 7 heteroatoms. The number of aryl methyl sites for hydroxylation is 3. The van der Waals surface area contributed by atoms with E-state index in [1.54, 1.807) is 7.11 Å². The molecule has 0 saturated heterocycles. The summed E-state index contributed by atoms with van der Waals surface area (Å²) < 4.78 is 13.0. The fourth-order valence-corrected chi connectivity index (χ4v) is 4.26. The number of aromatic nitrogens is 3. The molecule has 0 aliphatic heterocycles. The lowest BCUT2D eigenvalue weighted by Crippen LogP contribution is -2.23. The summed E-state index contributed by atoms with van der Waals surface area (Å²) in [6.07, 6.45) is 0.870. The number of hydrogen-bond donors (Lipinski definition) is 1. The molecule has 1 N–H and O–H groups in total. The highest BCUT2D eigenvalue weighted by molar-refractivity contribution is 5.86. The van der Waals surface area contributed by atoms with Crippen LogP contribution >= 0.6 is 0 Å². The van der Waals surface area contributed by atoms with E-state index in [1.165, 1.54) is 5.56 Å². The smallest absolute Gasteiger partial charge is 0.220 e. The predicted octanol–water partition coefficient (Wildman–Crippen LogP) is 5.00. The van der Waals surface area contributed by atoms with Crippen LogP contribution in [0.2, 0.25) is 0 Å². The van der Waals surface area contributed by atoms with Crippen LogP contribution in [0.25, 0.3) is 16.7 Å². The number of carbonyl (C=O) groups excluding carboxylic acids is 1. The van der Waals surface area contributed by atoms with E-state index in [2.05, 4.69) is 24.4 Å². The fraction of sp³-hybridized carbons (Fsp3) is 0.321. The number of benzene rings is 2. The van der Waals surface area contributed by atoms with E-state index < -0.39 is 0 Å². The van der Waals surface area contributed by atoms with Crippen molar-refractivity contribution in [3.8, 4) is 17.3 Å². The highest BCUT2D eigenvalue weighted by Crippen LogP contribution is 2.32. The fourth-order valence-electron chi connectivity index (χ4n) is 4.26. The van der Waals surface area contributed by atoms with E-state index in [-0.39, 0.29) is 5.91 Å². The zero-order valence-corrected chi connectivity index (χ0v) is 21.0. The van der Waals surface area contributed by atoms with Gasteiger partial charge in [-0.3, -0.25) is 4.79 Å². The zero-order valence-electron chi connectivity index (χ0n) is 21.0. The molecule has 1 amide bonds. The van der Waals surface area contributed by atoms with Crippen LogP contribution in [0.5, 0.6) is 11.6 Å². The lowest BCUT2D eigenvalue weighted by Gasteiger charge is -2.13. The van der Waals surface area contributed by atoms with Crippen molar-refractivity contribution in [3.05, 3.63) is 76.5 Å². The summed E-state index contributed by atoms with van der Waals surface area (Å²) in [5.41, 5.74) is 6.79. The van der Waals surface area contributed by atoms with Crippen molar-refractivity contribution in [2.24, 2.45) is 0 Å². The molecule has 0 unspecified atom stereocenters. The third-order valence-electron chi connectivity index (χ3n) is 6.13. The van der Waals surface area contributed by atoms with E-state index >= 15 is 0 Å². The minimum atomic E-state index is -0.0208. The number of nitrogens with one attached hydrogen (secondary N) is 1. The van der Waals surface area contributed by atoms with Gasteiger partial charge in [-0.15, -0.1) is 0 Å². The van der Waals surface area contributed by atoms with E-state index in [9.17, 15) is 4.79 Å². The van der Waals surface area contributed by atoms with Crippen molar-refractivity contribution >= 4 is 16.9 Å². The first-order chi connectivity index (χ1) is 16.9. The van der Waals surface area contributed by atoms with Crippen molar-refractivity contribution in [1.29, 1.82) is 0 Å². The Morgan fingerprint density at radius 2 is 1.74 bits per heavy atom. The van der Waals surface area contributed by atoms with Gasteiger partial charge in [-0.1, -0.05) is 29.8 Å². The lowest BCUT2D eigenvalue weighted by atomic mass is 10.0. The first-order valence-electron chi connectivity index (χ1n) is 11.9. The second-order valence-corrected chi connectivity index (χ2v) is 8.61. The molecule has 7 nitrogen and oxygen atoms in total. The summed E-state index contributed by atoms with van der Waals surface area (Å²) in [6, 6.07) is 15.9. The normalized spacial score (nSPS) is 11.0. The minimum absolute atomic E-state index is 0.0208. The second kappa shape index (κ2) is 10.6. The number of methoxy groups -OCH3 is 1. The maximum atomic E-state index is 12.6. The van der Waals surface area contributed by atoms with E-state index in [1.807, 2.05) is 61.9 Å². The molecular formula is C28H32N4O3. The topological polar surface area (TPSA) is 78.3 Å². The summed E-state index contributed by atoms with van der Waals surface area (Å²) >= 11 is 0.